The van der Waals surface area contributed by atoms with Crippen molar-refractivity contribution in [2.24, 2.45) is 0 Å². The molecule has 30 heavy (non-hydrogen) atoms. The highest BCUT2D eigenvalue weighted by Crippen LogP contribution is 2.36. The molecule has 0 spiro atoms. The summed E-state index contributed by atoms with van der Waals surface area (Å²) >= 11 is 7.90. The molecule has 0 aliphatic rings. The van der Waals surface area contributed by atoms with Crippen molar-refractivity contribution in [1.29, 1.82) is 0 Å². The number of nitrogens with one attached hydrogen (secondary N) is 1. The van der Waals surface area contributed by atoms with E-state index >= 15 is 0 Å². The number of H-pyrrole nitrogens is 1. The van der Waals surface area contributed by atoms with E-state index in [0.717, 1.165) is 32.6 Å². The van der Waals surface area contributed by atoms with Gasteiger partial charge in [-0.1, -0.05) is 47.6 Å². The number of imidazole rings is 1. The molecule has 1 N–H and O–H groups in total. The van der Waals surface area contributed by atoms with Crippen molar-refractivity contribution in [3.05, 3.63) is 77.1 Å². The Bertz CT molecular complexity index is 1380. The maximum absolute atomic E-state index is 14.8. The van der Waals surface area contributed by atoms with Crippen LogP contribution in [0.25, 0.3) is 33.3 Å². The molecule has 0 aliphatic heterocycles. The minimum atomic E-state index is -0.396. The smallest absolute Gasteiger partial charge is 0.181 e. The van der Waals surface area contributed by atoms with E-state index in [4.69, 9.17) is 16.6 Å². The van der Waals surface area contributed by atoms with Crippen LogP contribution in [0.3, 0.4) is 0 Å². The van der Waals surface area contributed by atoms with Crippen LogP contribution in [0, 0.1) is 12.7 Å². The lowest BCUT2D eigenvalue weighted by atomic mass is 10.0. The molecule has 0 atom stereocenters. The van der Waals surface area contributed by atoms with Crippen LogP contribution in [-0.4, -0.2) is 24.9 Å². The van der Waals surface area contributed by atoms with E-state index in [9.17, 15) is 4.39 Å². The van der Waals surface area contributed by atoms with Crippen molar-refractivity contribution in [2.75, 3.05) is 0 Å². The summed E-state index contributed by atoms with van der Waals surface area (Å²) in [5.41, 5.74) is 4.97. The number of nitrogens with zero attached hydrogens (tertiary/aromatic N) is 4. The van der Waals surface area contributed by atoms with Gasteiger partial charge in [0.05, 0.1) is 28.1 Å². The topological polar surface area (TPSA) is 67.3 Å². The number of halogens is 2. The largest absolute Gasteiger partial charge is 0.341 e. The maximum atomic E-state index is 14.8. The van der Waals surface area contributed by atoms with Gasteiger partial charge in [0, 0.05) is 11.1 Å². The number of benzene rings is 2. The standard InChI is InChI=1S/C22H15ClFN5S/c1-12-4-2-5-13-8-14(9-30-22-20-21(26-10-25-20)27-11-28-22)19(29-18(12)13)17-15(23)6-3-7-16(17)24/h2-8,10-11H,9H2,1H3,(H,25,26,27,28). The van der Waals surface area contributed by atoms with Crippen LogP contribution < -0.4 is 0 Å². The van der Waals surface area contributed by atoms with Crippen LogP contribution in [0.4, 0.5) is 4.39 Å². The molecule has 0 fully saturated rings. The average Bonchev–Trinajstić information content (AvgIpc) is 3.22. The zero-order chi connectivity index (χ0) is 20.7. The molecule has 0 amide bonds. The Morgan fingerprint density at radius 1 is 1.10 bits per heavy atom. The fourth-order valence-electron chi connectivity index (χ4n) is 3.44. The summed E-state index contributed by atoms with van der Waals surface area (Å²) in [5.74, 6) is 0.134. The summed E-state index contributed by atoms with van der Waals surface area (Å²) in [6.07, 6.45) is 3.08. The molecule has 0 saturated heterocycles. The van der Waals surface area contributed by atoms with Crippen molar-refractivity contribution in [1.82, 2.24) is 24.9 Å². The summed E-state index contributed by atoms with van der Waals surface area (Å²) in [4.78, 5) is 20.6. The van der Waals surface area contributed by atoms with Crippen LogP contribution in [0.2, 0.25) is 5.02 Å². The minimum absolute atomic E-state index is 0.314. The van der Waals surface area contributed by atoms with Crippen molar-refractivity contribution in [2.45, 2.75) is 17.7 Å². The first kappa shape index (κ1) is 19.0. The molecule has 5 aromatic rings. The Balaban J connectivity index is 1.65. The quantitative estimate of drug-likeness (QED) is 0.278. The third kappa shape index (κ3) is 3.30. The van der Waals surface area contributed by atoms with Gasteiger partial charge in [0.2, 0.25) is 0 Å². The van der Waals surface area contributed by atoms with Gasteiger partial charge in [0.15, 0.2) is 5.65 Å². The van der Waals surface area contributed by atoms with Crippen LogP contribution in [-0.2, 0) is 5.75 Å². The number of aryl methyl sites for hydroxylation is 1. The van der Waals surface area contributed by atoms with Crippen LogP contribution in [0.15, 0.2) is 60.1 Å². The summed E-state index contributed by atoms with van der Waals surface area (Å²) in [6, 6.07) is 12.7. The first-order chi connectivity index (χ1) is 14.6. The van der Waals surface area contributed by atoms with Gasteiger partial charge >= 0.3 is 0 Å². The van der Waals surface area contributed by atoms with Crippen molar-refractivity contribution >= 4 is 45.4 Å². The van der Waals surface area contributed by atoms with Gasteiger partial charge in [-0.2, -0.15) is 0 Å². The summed E-state index contributed by atoms with van der Waals surface area (Å²) in [7, 11) is 0. The SMILES string of the molecule is Cc1cccc2cc(CSc3ncnc4nc[nH]c34)c(-c3c(F)cccc3Cl)nc12. The molecule has 0 radical (unpaired) electrons. The highest BCUT2D eigenvalue weighted by atomic mass is 35.5. The molecule has 3 aromatic heterocycles. The Morgan fingerprint density at radius 2 is 1.97 bits per heavy atom. The van der Waals surface area contributed by atoms with Gasteiger partial charge in [-0.3, -0.25) is 0 Å². The molecular weight excluding hydrogens is 421 g/mol. The van der Waals surface area contributed by atoms with Crippen LogP contribution in [0.1, 0.15) is 11.1 Å². The lowest BCUT2D eigenvalue weighted by molar-refractivity contribution is 0.630. The average molecular weight is 436 g/mol. The highest BCUT2D eigenvalue weighted by molar-refractivity contribution is 7.98. The van der Waals surface area contributed by atoms with E-state index in [1.165, 1.54) is 24.2 Å². The highest BCUT2D eigenvalue weighted by Gasteiger charge is 2.18. The Labute approximate surface area is 180 Å². The van der Waals surface area contributed by atoms with E-state index in [0.29, 0.717) is 27.7 Å². The van der Waals surface area contributed by atoms with Gasteiger partial charge < -0.3 is 4.98 Å². The Morgan fingerprint density at radius 3 is 2.83 bits per heavy atom. The van der Waals surface area contributed by atoms with Crippen molar-refractivity contribution in [3.8, 4) is 11.3 Å². The number of para-hydroxylation sites is 1. The van der Waals surface area contributed by atoms with Crippen LogP contribution in [0.5, 0.6) is 0 Å². The zero-order valence-corrected chi connectivity index (χ0v) is 17.4. The molecule has 0 aliphatic carbocycles. The second kappa shape index (κ2) is 7.66. The summed E-state index contributed by atoms with van der Waals surface area (Å²) in [6.45, 7) is 1.99. The number of aromatic nitrogens is 5. The van der Waals surface area contributed by atoms with Gasteiger partial charge in [-0.15, -0.1) is 0 Å². The number of hydrogen-bond donors (Lipinski definition) is 1. The lowest BCUT2D eigenvalue weighted by Crippen LogP contribution is -1.98. The number of rotatable bonds is 4. The van der Waals surface area contributed by atoms with Gasteiger partial charge in [0.25, 0.3) is 0 Å². The third-order valence-electron chi connectivity index (χ3n) is 4.88. The predicted octanol–water partition coefficient (Wildman–Crippen LogP) is 5.96. The van der Waals surface area contributed by atoms with E-state index in [2.05, 4.69) is 19.9 Å². The Kier molecular flexibility index (Phi) is 4.84. The second-order valence-electron chi connectivity index (χ2n) is 6.81. The summed E-state index contributed by atoms with van der Waals surface area (Å²) < 4.78 is 14.8. The molecule has 5 nitrogen and oxygen atoms in total. The van der Waals surface area contributed by atoms with Gasteiger partial charge in [-0.25, -0.2) is 24.3 Å². The first-order valence-electron chi connectivity index (χ1n) is 9.22. The van der Waals surface area contributed by atoms with Gasteiger partial charge in [0.1, 0.15) is 22.7 Å². The molecule has 3 heterocycles. The molecule has 8 heteroatoms. The van der Waals surface area contributed by atoms with Crippen molar-refractivity contribution in [3.63, 3.8) is 0 Å². The summed E-state index contributed by atoms with van der Waals surface area (Å²) in [5, 5.41) is 2.10. The van der Waals surface area contributed by atoms with E-state index in [1.807, 2.05) is 31.2 Å². The van der Waals surface area contributed by atoms with E-state index in [1.54, 1.807) is 18.5 Å². The lowest BCUT2D eigenvalue weighted by Gasteiger charge is -2.14. The number of thioether (sulfide) groups is 1. The number of aromatic amines is 1. The number of fused-ring (bicyclic) bond motifs is 2. The minimum Gasteiger partial charge on any atom is -0.341 e. The monoisotopic (exact) mass is 435 g/mol. The predicted molar refractivity (Wildman–Crippen MR) is 118 cm³/mol. The zero-order valence-electron chi connectivity index (χ0n) is 15.9. The molecule has 2 aromatic carbocycles. The van der Waals surface area contributed by atoms with Gasteiger partial charge in [-0.05, 0) is 36.2 Å². The molecular formula is C22H15ClFN5S. The van der Waals surface area contributed by atoms with Crippen LogP contribution >= 0.6 is 23.4 Å². The number of hydrogen-bond acceptors (Lipinski definition) is 5. The fraction of sp³-hybridized carbons (Fsp3) is 0.0909. The first-order valence-corrected chi connectivity index (χ1v) is 10.6. The molecule has 0 unspecified atom stereocenters. The Hall–Kier alpha value is -3.03. The molecule has 0 bridgehead atoms. The normalized spacial score (nSPS) is 11.4. The fourth-order valence-corrected chi connectivity index (χ4v) is 4.62. The molecule has 0 saturated carbocycles. The third-order valence-corrected chi connectivity index (χ3v) is 6.23. The second-order valence-corrected chi connectivity index (χ2v) is 8.18. The molecule has 5 rings (SSSR count). The maximum Gasteiger partial charge on any atom is 0.181 e. The van der Waals surface area contributed by atoms with E-state index < -0.39 is 5.82 Å². The van der Waals surface area contributed by atoms with Crippen molar-refractivity contribution < 1.29 is 4.39 Å². The van der Waals surface area contributed by atoms with E-state index in [-0.39, 0.29) is 0 Å². The number of pyridine rings is 1. The molecule has 148 valence electrons.